The van der Waals surface area contributed by atoms with E-state index < -0.39 is 0 Å². The lowest BCUT2D eigenvalue weighted by Crippen LogP contribution is -2.20. The number of amides is 2. The third-order valence-electron chi connectivity index (χ3n) is 3.97. The number of nitrogens with zero attached hydrogens (tertiary/aromatic N) is 1. The van der Waals surface area contributed by atoms with Crippen molar-refractivity contribution in [2.75, 3.05) is 19.0 Å². The maximum Gasteiger partial charge on any atom is 0.240 e. The molecule has 2 rings (SSSR count). The second kappa shape index (κ2) is 11.6. The maximum absolute atomic E-state index is 12.0. The molecule has 2 amide bonds. The van der Waals surface area contributed by atoms with Gasteiger partial charge in [0.1, 0.15) is 0 Å². The Bertz CT molecular complexity index is 950. The molecule has 0 aliphatic carbocycles. The van der Waals surface area contributed by atoms with Gasteiger partial charge in [-0.05, 0) is 65.2 Å². The van der Waals surface area contributed by atoms with Crippen molar-refractivity contribution in [3.8, 4) is 11.5 Å². The fraction of sp³-hybridized carbons (Fsp3) is 0.286. The van der Waals surface area contributed by atoms with Crippen LogP contribution in [-0.4, -0.2) is 31.7 Å². The highest BCUT2D eigenvalue weighted by Crippen LogP contribution is 2.36. The molecule has 0 atom stereocenters. The number of hydrazone groups is 1. The Morgan fingerprint density at radius 3 is 2.60 bits per heavy atom. The van der Waals surface area contributed by atoms with E-state index in [4.69, 9.17) is 21.1 Å². The predicted octanol–water partition coefficient (Wildman–Crippen LogP) is 4.69. The fourth-order valence-corrected chi connectivity index (χ4v) is 3.28. The number of hydrogen-bond acceptors (Lipinski definition) is 5. The SMILES string of the molecule is CCOc1cc(C=NNC(=O)CCC(=O)Nc2ccc(C)c(Cl)c2)cc(Br)c1OC. The summed E-state index contributed by atoms with van der Waals surface area (Å²) in [6, 6.07) is 8.78. The lowest BCUT2D eigenvalue weighted by atomic mass is 10.2. The van der Waals surface area contributed by atoms with Crippen molar-refractivity contribution in [3.05, 3.63) is 51.0 Å². The van der Waals surface area contributed by atoms with Gasteiger partial charge in [0.05, 0.1) is 24.4 Å². The van der Waals surface area contributed by atoms with Crippen molar-refractivity contribution in [2.45, 2.75) is 26.7 Å². The average molecular weight is 497 g/mol. The number of carbonyl (C=O) groups excluding carboxylic acids is 2. The summed E-state index contributed by atoms with van der Waals surface area (Å²) in [4.78, 5) is 23.9. The third-order valence-corrected chi connectivity index (χ3v) is 4.97. The van der Waals surface area contributed by atoms with Gasteiger partial charge in [-0.15, -0.1) is 0 Å². The fourth-order valence-electron chi connectivity index (χ4n) is 2.48. The molecule has 7 nitrogen and oxygen atoms in total. The molecule has 2 N–H and O–H groups in total. The zero-order valence-corrected chi connectivity index (χ0v) is 19.3. The molecule has 0 bridgehead atoms. The standard InChI is InChI=1S/C21H23BrClN3O4/c1-4-30-18-10-14(9-16(22)21(18)29-3)12-24-26-20(28)8-7-19(27)25-15-6-5-13(2)17(23)11-15/h5-6,9-12H,4,7-8H2,1-3H3,(H,25,27)(H,26,28). The van der Waals surface area contributed by atoms with Crippen LogP contribution in [0.4, 0.5) is 5.69 Å². The normalized spacial score (nSPS) is 10.7. The van der Waals surface area contributed by atoms with Crippen LogP contribution in [-0.2, 0) is 9.59 Å². The Balaban J connectivity index is 1.86. The van der Waals surface area contributed by atoms with E-state index in [0.717, 1.165) is 5.56 Å². The number of aryl methyl sites for hydroxylation is 1. The van der Waals surface area contributed by atoms with Gasteiger partial charge in [-0.3, -0.25) is 9.59 Å². The van der Waals surface area contributed by atoms with E-state index in [1.165, 1.54) is 6.21 Å². The zero-order chi connectivity index (χ0) is 22.1. The highest BCUT2D eigenvalue weighted by Gasteiger charge is 2.11. The Kier molecular flexibility index (Phi) is 9.14. The molecule has 0 aromatic heterocycles. The van der Waals surface area contributed by atoms with Crippen LogP contribution in [0.2, 0.25) is 5.02 Å². The first-order valence-electron chi connectivity index (χ1n) is 9.22. The van der Waals surface area contributed by atoms with Gasteiger partial charge in [-0.2, -0.15) is 5.10 Å². The summed E-state index contributed by atoms with van der Waals surface area (Å²) in [6.45, 7) is 4.23. The molecule has 2 aromatic rings. The highest BCUT2D eigenvalue weighted by molar-refractivity contribution is 9.10. The molecule has 0 saturated heterocycles. The number of carbonyl (C=O) groups is 2. The molecule has 9 heteroatoms. The van der Waals surface area contributed by atoms with E-state index in [1.54, 1.807) is 31.4 Å². The van der Waals surface area contributed by atoms with E-state index >= 15 is 0 Å². The summed E-state index contributed by atoms with van der Waals surface area (Å²) in [7, 11) is 1.56. The van der Waals surface area contributed by atoms with E-state index in [0.29, 0.717) is 38.9 Å². The van der Waals surface area contributed by atoms with Crippen molar-refractivity contribution >= 4 is 51.2 Å². The van der Waals surface area contributed by atoms with Crippen molar-refractivity contribution in [1.29, 1.82) is 0 Å². The second-order valence-electron chi connectivity index (χ2n) is 6.27. The van der Waals surface area contributed by atoms with Gasteiger partial charge >= 0.3 is 0 Å². The van der Waals surface area contributed by atoms with E-state index in [-0.39, 0.29) is 24.7 Å². The number of halogens is 2. The molecule has 0 aliphatic rings. The minimum Gasteiger partial charge on any atom is -0.492 e. The van der Waals surface area contributed by atoms with Crippen molar-refractivity contribution < 1.29 is 19.1 Å². The molecule has 0 radical (unpaired) electrons. The van der Waals surface area contributed by atoms with Crippen LogP contribution in [0.3, 0.4) is 0 Å². The third kappa shape index (κ3) is 7.03. The largest absolute Gasteiger partial charge is 0.492 e. The van der Waals surface area contributed by atoms with Crippen LogP contribution < -0.4 is 20.2 Å². The summed E-state index contributed by atoms with van der Waals surface area (Å²) in [5.41, 5.74) is 4.62. The molecule has 0 unspecified atom stereocenters. The van der Waals surface area contributed by atoms with Crippen LogP contribution >= 0.6 is 27.5 Å². The first-order chi connectivity index (χ1) is 14.3. The van der Waals surface area contributed by atoms with Crippen LogP contribution in [0.5, 0.6) is 11.5 Å². The Hall–Kier alpha value is -2.58. The van der Waals surface area contributed by atoms with Gasteiger partial charge in [0.25, 0.3) is 0 Å². The Labute approximate surface area is 188 Å². The maximum atomic E-state index is 12.0. The van der Waals surface area contributed by atoms with Crippen molar-refractivity contribution in [2.24, 2.45) is 5.10 Å². The first kappa shape index (κ1) is 23.7. The minimum atomic E-state index is -0.374. The average Bonchev–Trinajstić information content (AvgIpc) is 2.69. The van der Waals surface area contributed by atoms with E-state index in [1.807, 2.05) is 19.9 Å². The summed E-state index contributed by atoms with van der Waals surface area (Å²) < 4.78 is 11.6. The van der Waals surface area contributed by atoms with Crippen molar-refractivity contribution in [1.82, 2.24) is 5.43 Å². The quantitative estimate of drug-likeness (QED) is 0.389. The molecule has 2 aromatic carbocycles. The molecule has 0 spiro atoms. The molecular formula is C21H23BrClN3O4. The molecule has 0 fully saturated rings. The summed E-state index contributed by atoms with van der Waals surface area (Å²) >= 11 is 9.46. The highest BCUT2D eigenvalue weighted by atomic mass is 79.9. The first-order valence-corrected chi connectivity index (χ1v) is 10.4. The zero-order valence-electron chi connectivity index (χ0n) is 16.9. The van der Waals surface area contributed by atoms with E-state index in [2.05, 4.69) is 31.8 Å². The predicted molar refractivity (Wildman–Crippen MR) is 122 cm³/mol. The van der Waals surface area contributed by atoms with Gasteiger partial charge in [0.2, 0.25) is 11.8 Å². The van der Waals surface area contributed by atoms with Crippen LogP contribution in [0.15, 0.2) is 39.9 Å². The Morgan fingerprint density at radius 1 is 1.20 bits per heavy atom. The van der Waals surface area contributed by atoms with Gasteiger partial charge in [0, 0.05) is 23.6 Å². The number of ether oxygens (including phenoxy) is 2. The summed E-state index contributed by atoms with van der Waals surface area (Å²) in [5.74, 6) is 0.490. The lowest BCUT2D eigenvalue weighted by molar-refractivity contribution is -0.124. The smallest absolute Gasteiger partial charge is 0.240 e. The van der Waals surface area contributed by atoms with Gasteiger partial charge < -0.3 is 14.8 Å². The lowest BCUT2D eigenvalue weighted by Gasteiger charge is -2.11. The van der Waals surface area contributed by atoms with E-state index in [9.17, 15) is 9.59 Å². The molecule has 0 heterocycles. The van der Waals surface area contributed by atoms with Crippen LogP contribution in [0, 0.1) is 6.92 Å². The molecule has 0 saturated carbocycles. The number of methoxy groups -OCH3 is 1. The van der Waals surface area contributed by atoms with Gasteiger partial charge in [-0.1, -0.05) is 17.7 Å². The number of anilines is 1. The molecule has 160 valence electrons. The van der Waals surface area contributed by atoms with Crippen LogP contribution in [0.1, 0.15) is 30.9 Å². The topological polar surface area (TPSA) is 89.0 Å². The monoisotopic (exact) mass is 495 g/mol. The van der Waals surface area contributed by atoms with Gasteiger partial charge in [-0.25, -0.2) is 5.43 Å². The number of hydrogen-bond donors (Lipinski definition) is 2. The number of rotatable bonds is 9. The molecule has 0 aliphatic heterocycles. The minimum absolute atomic E-state index is 0.000725. The molecule has 30 heavy (non-hydrogen) atoms. The van der Waals surface area contributed by atoms with Crippen LogP contribution in [0.25, 0.3) is 0 Å². The molecular weight excluding hydrogens is 474 g/mol. The van der Waals surface area contributed by atoms with Gasteiger partial charge in [0.15, 0.2) is 11.5 Å². The summed E-state index contributed by atoms with van der Waals surface area (Å²) in [5, 5.41) is 7.21. The number of nitrogens with one attached hydrogen (secondary N) is 2. The number of benzene rings is 2. The summed E-state index contributed by atoms with van der Waals surface area (Å²) in [6.07, 6.45) is 1.51. The second-order valence-corrected chi connectivity index (χ2v) is 7.53. The van der Waals surface area contributed by atoms with Crippen molar-refractivity contribution in [3.63, 3.8) is 0 Å². The Morgan fingerprint density at radius 2 is 1.93 bits per heavy atom.